The van der Waals surface area contributed by atoms with Crippen LogP contribution in [-0.2, 0) is 0 Å². The lowest BCUT2D eigenvalue weighted by molar-refractivity contribution is 0.308. The number of anilines is 3. The fourth-order valence-corrected chi connectivity index (χ4v) is 1.85. The molecule has 0 aromatic carbocycles. The maximum absolute atomic E-state index is 5.63. The molecule has 1 aliphatic rings. The molecule has 88 valence electrons. The largest absolute Gasteiger partial charge is 0.368 e. The lowest BCUT2D eigenvalue weighted by Gasteiger charge is -2.33. The molecule has 1 saturated carbocycles. The van der Waals surface area contributed by atoms with Crippen molar-refractivity contribution in [3.8, 4) is 0 Å². The molecule has 0 aliphatic heterocycles. The maximum atomic E-state index is 5.63. The lowest BCUT2D eigenvalue weighted by atomic mass is 9.82. The van der Waals surface area contributed by atoms with Crippen molar-refractivity contribution in [1.29, 1.82) is 0 Å². The van der Waals surface area contributed by atoms with Crippen LogP contribution in [0.1, 0.15) is 19.8 Å². The molecule has 0 radical (unpaired) electrons. The predicted octanol–water partition coefficient (Wildman–Crippen LogP) is 0.730. The molecule has 1 aromatic rings. The Balaban J connectivity index is 2.08. The highest BCUT2D eigenvalue weighted by Crippen LogP contribution is 2.28. The zero-order valence-corrected chi connectivity index (χ0v) is 9.94. The first-order valence-electron chi connectivity index (χ1n) is 5.50. The Kier molecular flexibility index (Phi) is 2.80. The second-order valence-corrected chi connectivity index (χ2v) is 4.63. The molecule has 0 spiro atoms. The third-order valence-electron chi connectivity index (χ3n) is 2.75. The summed E-state index contributed by atoms with van der Waals surface area (Å²) in [7, 11) is 3.76. The first-order valence-corrected chi connectivity index (χ1v) is 5.50. The molecule has 1 fully saturated rings. The summed E-state index contributed by atoms with van der Waals surface area (Å²) in [6.45, 7) is 2.24. The monoisotopic (exact) mass is 222 g/mol. The number of nitrogens with zero attached hydrogens (tertiary/aromatic N) is 4. The number of nitrogens with one attached hydrogen (secondary N) is 1. The molecule has 2 rings (SSSR count). The van der Waals surface area contributed by atoms with Gasteiger partial charge in [0.15, 0.2) is 0 Å². The number of rotatable bonds is 3. The van der Waals surface area contributed by atoms with E-state index in [4.69, 9.17) is 5.73 Å². The summed E-state index contributed by atoms with van der Waals surface area (Å²) in [4.78, 5) is 14.2. The predicted molar refractivity (Wildman–Crippen MR) is 64.4 cm³/mol. The van der Waals surface area contributed by atoms with E-state index in [-0.39, 0.29) is 5.95 Å². The zero-order valence-electron chi connectivity index (χ0n) is 9.94. The van der Waals surface area contributed by atoms with Gasteiger partial charge < -0.3 is 16.0 Å². The van der Waals surface area contributed by atoms with Crippen molar-refractivity contribution in [1.82, 2.24) is 15.0 Å². The van der Waals surface area contributed by atoms with Gasteiger partial charge in [0.05, 0.1) is 0 Å². The Morgan fingerprint density at radius 2 is 1.94 bits per heavy atom. The highest BCUT2D eigenvalue weighted by atomic mass is 15.3. The summed E-state index contributed by atoms with van der Waals surface area (Å²) in [5.41, 5.74) is 5.63. The van der Waals surface area contributed by atoms with E-state index in [0.29, 0.717) is 17.9 Å². The van der Waals surface area contributed by atoms with Crippen LogP contribution in [0.3, 0.4) is 0 Å². The van der Waals surface area contributed by atoms with Crippen molar-refractivity contribution in [3.63, 3.8) is 0 Å². The molecule has 6 nitrogen and oxygen atoms in total. The summed E-state index contributed by atoms with van der Waals surface area (Å²) in [5.74, 6) is 2.22. The van der Waals surface area contributed by atoms with E-state index in [1.54, 1.807) is 0 Å². The second-order valence-electron chi connectivity index (χ2n) is 4.63. The van der Waals surface area contributed by atoms with E-state index in [1.165, 1.54) is 12.8 Å². The smallest absolute Gasteiger partial charge is 0.231 e. The molecule has 0 atom stereocenters. The molecule has 1 aromatic heterocycles. The molecule has 0 unspecified atom stereocenters. The van der Waals surface area contributed by atoms with Gasteiger partial charge >= 0.3 is 0 Å². The minimum atomic E-state index is 0.258. The molecule has 3 N–H and O–H groups in total. The summed E-state index contributed by atoms with van der Waals surface area (Å²) < 4.78 is 0. The van der Waals surface area contributed by atoms with E-state index < -0.39 is 0 Å². The molecule has 6 heteroatoms. The van der Waals surface area contributed by atoms with Crippen molar-refractivity contribution in [3.05, 3.63) is 0 Å². The highest BCUT2D eigenvalue weighted by molar-refractivity contribution is 5.41. The first-order chi connectivity index (χ1) is 7.54. The van der Waals surface area contributed by atoms with E-state index in [1.807, 2.05) is 19.0 Å². The summed E-state index contributed by atoms with van der Waals surface area (Å²) in [6.07, 6.45) is 2.34. The molecular formula is C10H18N6. The van der Waals surface area contributed by atoms with Gasteiger partial charge in [0, 0.05) is 20.1 Å². The maximum Gasteiger partial charge on any atom is 0.231 e. The van der Waals surface area contributed by atoms with Crippen LogP contribution in [0, 0.1) is 5.92 Å². The Morgan fingerprint density at radius 3 is 2.50 bits per heavy atom. The van der Waals surface area contributed by atoms with Crippen molar-refractivity contribution in [2.45, 2.75) is 25.8 Å². The van der Waals surface area contributed by atoms with Gasteiger partial charge in [-0.3, -0.25) is 0 Å². The highest BCUT2D eigenvalue weighted by Gasteiger charge is 2.25. The van der Waals surface area contributed by atoms with Gasteiger partial charge in [0.1, 0.15) is 0 Å². The van der Waals surface area contributed by atoms with Crippen LogP contribution in [0.25, 0.3) is 0 Å². The number of hydrogen-bond acceptors (Lipinski definition) is 6. The standard InChI is InChI=1S/C10H18N6/c1-6-4-7(5-6)12-9-13-8(11)14-10(15-9)16(2)3/h6-7H,4-5H2,1-3H3,(H3,11,12,13,14,15). The summed E-state index contributed by atoms with van der Waals surface area (Å²) in [5, 5.41) is 3.28. The molecule has 1 heterocycles. The van der Waals surface area contributed by atoms with Crippen LogP contribution in [0.4, 0.5) is 17.8 Å². The fraction of sp³-hybridized carbons (Fsp3) is 0.700. The van der Waals surface area contributed by atoms with Gasteiger partial charge in [-0.25, -0.2) is 0 Å². The van der Waals surface area contributed by atoms with Crippen LogP contribution in [0.5, 0.6) is 0 Å². The summed E-state index contributed by atoms with van der Waals surface area (Å²) in [6, 6.07) is 0.479. The molecule has 0 amide bonds. The van der Waals surface area contributed by atoms with Crippen LogP contribution in [0.2, 0.25) is 0 Å². The Bertz CT molecular complexity index is 372. The van der Waals surface area contributed by atoms with Crippen molar-refractivity contribution in [2.75, 3.05) is 30.0 Å². The van der Waals surface area contributed by atoms with Gasteiger partial charge in [0.25, 0.3) is 0 Å². The van der Waals surface area contributed by atoms with Crippen molar-refractivity contribution in [2.24, 2.45) is 5.92 Å². The van der Waals surface area contributed by atoms with Crippen molar-refractivity contribution < 1.29 is 0 Å². The SMILES string of the molecule is CC1CC(Nc2nc(N)nc(N(C)C)n2)C1. The number of hydrogen-bond donors (Lipinski definition) is 2. The number of nitrogen functional groups attached to an aromatic ring is 1. The van der Waals surface area contributed by atoms with Gasteiger partial charge in [-0.05, 0) is 18.8 Å². The molecular weight excluding hydrogens is 204 g/mol. The van der Waals surface area contributed by atoms with Crippen LogP contribution in [-0.4, -0.2) is 35.1 Å². The fourth-order valence-electron chi connectivity index (χ4n) is 1.85. The van der Waals surface area contributed by atoms with Crippen LogP contribution < -0.4 is 16.0 Å². The topological polar surface area (TPSA) is 80.0 Å². The molecule has 1 aliphatic carbocycles. The van der Waals surface area contributed by atoms with Gasteiger partial charge in [-0.2, -0.15) is 15.0 Å². The molecule has 16 heavy (non-hydrogen) atoms. The quantitative estimate of drug-likeness (QED) is 0.784. The minimum absolute atomic E-state index is 0.258. The number of aromatic nitrogens is 3. The lowest BCUT2D eigenvalue weighted by Crippen LogP contribution is -2.34. The van der Waals surface area contributed by atoms with Crippen LogP contribution in [0.15, 0.2) is 0 Å². The minimum Gasteiger partial charge on any atom is -0.368 e. The van der Waals surface area contributed by atoms with Crippen LogP contribution >= 0.6 is 0 Å². The Labute approximate surface area is 95.3 Å². The third-order valence-corrected chi connectivity index (χ3v) is 2.75. The average Bonchev–Trinajstić information content (AvgIpc) is 2.14. The van der Waals surface area contributed by atoms with E-state index in [0.717, 1.165) is 5.92 Å². The zero-order chi connectivity index (χ0) is 11.7. The average molecular weight is 222 g/mol. The van der Waals surface area contributed by atoms with E-state index >= 15 is 0 Å². The second kappa shape index (κ2) is 4.11. The van der Waals surface area contributed by atoms with E-state index in [2.05, 4.69) is 27.2 Å². The van der Waals surface area contributed by atoms with Crippen molar-refractivity contribution >= 4 is 17.8 Å². The van der Waals surface area contributed by atoms with Gasteiger partial charge in [-0.1, -0.05) is 6.92 Å². The summed E-state index contributed by atoms with van der Waals surface area (Å²) >= 11 is 0. The molecule has 0 saturated heterocycles. The Hall–Kier alpha value is -1.59. The normalized spacial score (nSPS) is 23.7. The van der Waals surface area contributed by atoms with Gasteiger partial charge in [0.2, 0.25) is 17.8 Å². The van der Waals surface area contributed by atoms with Gasteiger partial charge in [-0.15, -0.1) is 0 Å². The van der Waals surface area contributed by atoms with E-state index in [9.17, 15) is 0 Å². The third kappa shape index (κ3) is 2.32. The molecule has 0 bridgehead atoms. The first kappa shape index (κ1) is 10.9. The Morgan fingerprint density at radius 1 is 1.25 bits per heavy atom. The number of nitrogens with two attached hydrogens (primary N) is 1.